The summed E-state index contributed by atoms with van der Waals surface area (Å²) in [4.78, 5) is 38.3. The smallest absolute Gasteiger partial charge is 0.251 e. The number of ether oxygens (including phenoxy) is 1. The number of rotatable bonds is 8. The minimum atomic E-state index is -1.41. The fraction of sp³-hybridized carbons (Fsp3) is 0.441. The Bertz CT molecular complexity index is 1690. The molecule has 1 aliphatic rings. The van der Waals surface area contributed by atoms with Crippen molar-refractivity contribution in [3.63, 3.8) is 0 Å². The highest BCUT2D eigenvalue weighted by Gasteiger charge is 2.47. The molecule has 0 radical (unpaired) electrons. The summed E-state index contributed by atoms with van der Waals surface area (Å²) in [6.45, 7) is 13.4. The van der Waals surface area contributed by atoms with E-state index in [1.165, 1.54) is 24.3 Å². The molecular formula is C34H43N7O5. The van der Waals surface area contributed by atoms with Gasteiger partial charge in [-0.3, -0.25) is 14.2 Å². The van der Waals surface area contributed by atoms with Gasteiger partial charge in [-0.25, -0.2) is 15.0 Å². The number of hydrogen-bond acceptors (Lipinski definition) is 9. The third kappa shape index (κ3) is 6.88. The molecule has 5 N–H and O–H groups in total. The lowest BCUT2D eigenvalue weighted by atomic mass is 9.79. The van der Waals surface area contributed by atoms with Crippen molar-refractivity contribution in [1.29, 1.82) is 0 Å². The van der Waals surface area contributed by atoms with Crippen LogP contribution in [0.4, 0.5) is 11.5 Å². The first-order valence-electron chi connectivity index (χ1n) is 15.4. The van der Waals surface area contributed by atoms with Crippen molar-refractivity contribution in [1.82, 2.24) is 30.2 Å². The van der Waals surface area contributed by atoms with Crippen molar-refractivity contribution in [3.8, 4) is 0 Å². The Morgan fingerprint density at radius 2 is 1.57 bits per heavy atom. The SMILES string of the molecule is CNC(=O)[C@H]1O[C@@H](n2cnc3c(Nc4ccc(CCNC(=O)c5cc(C(C)(C)C)cc(C(C)(C)C)c5)cc4)ncnc32)[C@H](O)[C@@H]1O. The molecular weight excluding hydrogens is 586 g/mol. The molecule has 2 amide bonds. The summed E-state index contributed by atoms with van der Waals surface area (Å²) >= 11 is 0. The van der Waals surface area contributed by atoms with E-state index < -0.39 is 30.4 Å². The molecule has 0 spiro atoms. The lowest BCUT2D eigenvalue weighted by Gasteiger charge is -2.26. The van der Waals surface area contributed by atoms with Crippen LogP contribution in [-0.4, -0.2) is 73.5 Å². The van der Waals surface area contributed by atoms with Gasteiger partial charge in [0.2, 0.25) is 0 Å². The molecule has 1 fully saturated rings. The first kappa shape index (κ1) is 33.0. The van der Waals surface area contributed by atoms with Crippen LogP contribution in [0.2, 0.25) is 0 Å². The topological polar surface area (TPSA) is 164 Å². The highest BCUT2D eigenvalue weighted by atomic mass is 16.6. The van der Waals surface area contributed by atoms with Crippen LogP contribution in [0.3, 0.4) is 0 Å². The Kier molecular flexibility index (Phi) is 9.16. The number of amides is 2. The zero-order valence-corrected chi connectivity index (χ0v) is 27.3. The third-order valence-electron chi connectivity index (χ3n) is 8.22. The first-order valence-corrected chi connectivity index (χ1v) is 15.4. The van der Waals surface area contributed by atoms with E-state index in [0.717, 1.165) is 22.4 Å². The summed E-state index contributed by atoms with van der Waals surface area (Å²) in [5, 5.41) is 29.7. The van der Waals surface area contributed by atoms with E-state index >= 15 is 0 Å². The highest BCUT2D eigenvalue weighted by molar-refractivity contribution is 5.94. The van der Waals surface area contributed by atoms with E-state index in [1.807, 2.05) is 36.4 Å². The second-order valence-corrected chi connectivity index (χ2v) is 13.7. The second-order valence-electron chi connectivity index (χ2n) is 13.7. The van der Waals surface area contributed by atoms with E-state index in [2.05, 4.69) is 78.5 Å². The van der Waals surface area contributed by atoms with Crippen molar-refractivity contribution in [2.75, 3.05) is 18.9 Å². The molecule has 1 saturated heterocycles. The maximum absolute atomic E-state index is 13.1. The monoisotopic (exact) mass is 629 g/mol. The standard InChI is InChI=1S/C34H43N7O5/c1-33(2,3)21-14-20(15-22(16-21)34(4,5)6)30(44)36-13-12-19-8-10-23(11-9-19)40-28-24-29(38-17-37-28)41(18-39-24)32-26(43)25(42)27(46-32)31(45)35-7/h8-11,14-18,25-27,32,42-43H,12-13H2,1-7H3,(H,35,45)(H,36,44)(H,37,38,40)/t25-,26+,27-,32+/m0/s1. The van der Waals surface area contributed by atoms with Gasteiger partial charge in [0.25, 0.3) is 11.8 Å². The van der Waals surface area contributed by atoms with Gasteiger partial charge in [-0.1, -0.05) is 59.7 Å². The first-order chi connectivity index (χ1) is 21.7. The van der Waals surface area contributed by atoms with Gasteiger partial charge in [0.05, 0.1) is 6.33 Å². The summed E-state index contributed by atoms with van der Waals surface area (Å²) in [7, 11) is 1.43. The van der Waals surface area contributed by atoms with Crippen LogP contribution in [0.1, 0.15) is 74.8 Å². The van der Waals surface area contributed by atoms with Crippen LogP contribution >= 0.6 is 0 Å². The number of nitrogens with one attached hydrogen (secondary N) is 3. The van der Waals surface area contributed by atoms with Gasteiger partial charge in [-0.15, -0.1) is 0 Å². The Balaban J connectivity index is 1.23. The lowest BCUT2D eigenvalue weighted by Crippen LogP contribution is -2.41. The number of carbonyl (C=O) groups excluding carboxylic acids is 2. The number of nitrogens with zero attached hydrogens (tertiary/aromatic N) is 4. The Morgan fingerprint density at radius 3 is 2.17 bits per heavy atom. The molecule has 0 unspecified atom stereocenters. The number of likely N-dealkylation sites (N-methyl/N-ethyl adjacent to an activating group) is 1. The Labute approximate surface area is 268 Å². The van der Waals surface area contributed by atoms with Crippen LogP contribution in [0.5, 0.6) is 0 Å². The summed E-state index contributed by atoms with van der Waals surface area (Å²) in [6.07, 6.45) is -1.62. The number of aliphatic hydroxyl groups excluding tert-OH is 2. The summed E-state index contributed by atoms with van der Waals surface area (Å²) in [5.74, 6) is -0.190. The van der Waals surface area contributed by atoms with Crippen molar-refractivity contribution < 1.29 is 24.5 Å². The summed E-state index contributed by atoms with van der Waals surface area (Å²) in [6, 6.07) is 14.0. The fourth-order valence-electron chi connectivity index (χ4n) is 5.32. The number of carbonyl (C=O) groups is 2. The average Bonchev–Trinajstić information content (AvgIpc) is 3.57. The zero-order valence-electron chi connectivity index (χ0n) is 27.3. The van der Waals surface area contributed by atoms with Gasteiger partial charge in [-0.05, 0) is 58.2 Å². The Morgan fingerprint density at radius 1 is 0.913 bits per heavy atom. The van der Waals surface area contributed by atoms with Gasteiger partial charge >= 0.3 is 0 Å². The fourth-order valence-corrected chi connectivity index (χ4v) is 5.32. The Hall–Kier alpha value is -4.39. The highest BCUT2D eigenvalue weighted by Crippen LogP contribution is 2.33. The number of benzene rings is 2. The molecule has 4 aromatic rings. The molecule has 1 aliphatic heterocycles. The number of anilines is 2. The number of aromatic nitrogens is 4. The normalized spacial score (nSPS) is 20.1. The lowest BCUT2D eigenvalue weighted by molar-refractivity contribution is -0.137. The molecule has 0 saturated carbocycles. The predicted octanol–water partition coefficient (Wildman–Crippen LogP) is 3.50. The minimum absolute atomic E-state index is 0.0719. The molecule has 0 bridgehead atoms. The van der Waals surface area contributed by atoms with Gasteiger partial charge < -0.3 is 30.9 Å². The largest absolute Gasteiger partial charge is 0.387 e. The van der Waals surface area contributed by atoms with Crippen molar-refractivity contribution >= 4 is 34.5 Å². The predicted molar refractivity (Wildman–Crippen MR) is 175 cm³/mol. The molecule has 12 heteroatoms. The van der Waals surface area contributed by atoms with Crippen LogP contribution in [0.15, 0.2) is 55.1 Å². The maximum Gasteiger partial charge on any atom is 0.251 e. The van der Waals surface area contributed by atoms with E-state index in [9.17, 15) is 19.8 Å². The zero-order chi connectivity index (χ0) is 33.4. The van der Waals surface area contributed by atoms with Crippen molar-refractivity contribution in [3.05, 3.63) is 77.4 Å². The van der Waals surface area contributed by atoms with Crippen LogP contribution < -0.4 is 16.0 Å². The number of aliphatic hydroxyl groups is 2. The van der Waals surface area contributed by atoms with Gasteiger partial charge in [-0.2, -0.15) is 0 Å². The number of fused-ring (bicyclic) bond motifs is 1. The summed E-state index contributed by atoms with van der Waals surface area (Å²) in [5.41, 5.74) is 5.41. The summed E-state index contributed by atoms with van der Waals surface area (Å²) < 4.78 is 7.15. The molecule has 3 heterocycles. The minimum Gasteiger partial charge on any atom is -0.387 e. The molecule has 5 rings (SSSR count). The molecule has 2 aromatic heterocycles. The van der Waals surface area contributed by atoms with Gasteiger partial charge in [0, 0.05) is 24.8 Å². The molecule has 46 heavy (non-hydrogen) atoms. The van der Waals surface area contributed by atoms with Gasteiger partial charge in [0.15, 0.2) is 29.3 Å². The number of hydrogen-bond donors (Lipinski definition) is 5. The van der Waals surface area contributed by atoms with E-state index in [0.29, 0.717) is 35.5 Å². The maximum atomic E-state index is 13.1. The third-order valence-corrected chi connectivity index (χ3v) is 8.22. The van der Waals surface area contributed by atoms with E-state index in [1.54, 1.807) is 0 Å². The molecule has 244 valence electrons. The number of imidazole rings is 1. The molecule has 0 aliphatic carbocycles. The van der Waals surface area contributed by atoms with Crippen LogP contribution in [0, 0.1) is 0 Å². The quantitative estimate of drug-likeness (QED) is 0.196. The molecule has 4 atom stereocenters. The van der Waals surface area contributed by atoms with E-state index in [4.69, 9.17) is 4.74 Å². The van der Waals surface area contributed by atoms with Crippen molar-refractivity contribution in [2.24, 2.45) is 0 Å². The van der Waals surface area contributed by atoms with E-state index in [-0.39, 0.29) is 16.7 Å². The van der Waals surface area contributed by atoms with Crippen molar-refractivity contribution in [2.45, 2.75) is 83.3 Å². The van der Waals surface area contributed by atoms with Crippen LogP contribution in [0.25, 0.3) is 11.2 Å². The molecule has 2 aromatic carbocycles. The van der Waals surface area contributed by atoms with Crippen LogP contribution in [-0.2, 0) is 26.8 Å². The second kappa shape index (κ2) is 12.8. The molecule has 12 nitrogen and oxygen atoms in total. The van der Waals surface area contributed by atoms with Gasteiger partial charge in [0.1, 0.15) is 18.5 Å². The average molecular weight is 630 g/mol.